The third-order valence-corrected chi connectivity index (χ3v) is 2.27. The zero-order valence-electron chi connectivity index (χ0n) is 8.61. The second-order valence-electron chi connectivity index (χ2n) is 3.31. The Hall–Kier alpha value is -2.08. The topological polar surface area (TPSA) is 45.9 Å². The molecule has 0 radical (unpaired) electrons. The van der Waals surface area contributed by atoms with Gasteiger partial charge in [0.05, 0.1) is 7.11 Å². The van der Waals surface area contributed by atoms with Crippen LogP contribution in [0.2, 0.25) is 0 Å². The first-order valence-electron chi connectivity index (χ1n) is 4.60. The summed E-state index contributed by atoms with van der Waals surface area (Å²) in [6.45, 7) is 1.87. The number of hydrogen-bond acceptors (Lipinski definition) is 3. The molecular weight excluding hydrogens is 188 g/mol. The average molecular weight is 198 g/mol. The maximum absolute atomic E-state index is 8.94. The van der Waals surface area contributed by atoms with E-state index in [1.807, 2.05) is 31.2 Å². The molecule has 0 spiro atoms. The number of hydrogen-bond donors (Lipinski definition) is 0. The van der Waals surface area contributed by atoms with E-state index in [0.717, 1.165) is 22.2 Å². The van der Waals surface area contributed by atoms with Crippen LogP contribution < -0.4 is 4.74 Å². The van der Waals surface area contributed by atoms with Gasteiger partial charge in [-0.25, -0.2) is 4.98 Å². The number of nitriles is 1. The van der Waals surface area contributed by atoms with Crippen LogP contribution in [0.1, 0.15) is 11.4 Å². The Bertz CT molecular complexity index is 555. The number of aromatic nitrogens is 1. The lowest BCUT2D eigenvalue weighted by molar-refractivity contribution is 0.415. The van der Waals surface area contributed by atoms with Gasteiger partial charge >= 0.3 is 0 Å². The number of rotatable bonds is 1. The van der Waals surface area contributed by atoms with Crippen molar-refractivity contribution in [3.8, 4) is 11.8 Å². The fourth-order valence-electron chi connectivity index (χ4n) is 1.58. The van der Waals surface area contributed by atoms with Crippen molar-refractivity contribution in [2.45, 2.75) is 6.92 Å². The van der Waals surface area contributed by atoms with E-state index >= 15 is 0 Å². The van der Waals surface area contributed by atoms with Gasteiger partial charge in [0.1, 0.15) is 17.5 Å². The lowest BCUT2D eigenvalue weighted by Crippen LogP contribution is -1.90. The third kappa shape index (κ3) is 1.62. The Morgan fingerprint density at radius 3 is 2.80 bits per heavy atom. The first-order valence-corrected chi connectivity index (χ1v) is 4.60. The van der Waals surface area contributed by atoms with Crippen LogP contribution in [0.25, 0.3) is 10.8 Å². The number of pyridine rings is 1. The molecule has 1 aromatic carbocycles. The molecule has 2 rings (SSSR count). The summed E-state index contributed by atoms with van der Waals surface area (Å²) in [5, 5.41) is 10.8. The highest BCUT2D eigenvalue weighted by molar-refractivity contribution is 5.87. The minimum Gasteiger partial charge on any atom is -0.497 e. The summed E-state index contributed by atoms with van der Waals surface area (Å²) in [6, 6.07) is 9.64. The Morgan fingerprint density at radius 2 is 2.13 bits per heavy atom. The highest BCUT2D eigenvalue weighted by atomic mass is 16.5. The fourth-order valence-corrected chi connectivity index (χ4v) is 1.58. The molecule has 74 valence electrons. The molecule has 1 aromatic heterocycles. The van der Waals surface area contributed by atoms with Crippen LogP contribution in [0, 0.1) is 18.3 Å². The molecule has 0 aliphatic rings. The van der Waals surface area contributed by atoms with Gasteiger partial charge in [-0.2, -0.15) is 5.26 Å². The van der Waals surface area contributed by atoms with Gasteiger partial charge in [0.2, 0.25) is 0 Å². The number of aryl methyl sites for hydroxylation is 1. The Morgan fingerprint density at radius 1 is 1.33 bits per heavy atom. The second kappa shape index (κ2) is 3.58. The molecule has 0 atom stereocenters. The van der Waals surface area contributed by atoms with Gasteiger partial charge in [0.25, 0.3) is 0 Å². The number of benzene rings is 1. The highest BCUT2D eigenvalue weighted by Crippen LogP contribution is 2.23. The Labute approximate surface area is 87.9 Å². The molecule has 0 unspecified atom stereocenters. The van der Waals surface area contributed by atoms with Crippen molar-refractivity contribution >= 4 is 10.8 Å². The molecule has 0 aliphatic carbocycles. The standard InChI is InChI=1S/C12H10N2O/c1-8-5-9-6-10(15-2)3-4-11(9)12(7-13)14-8/h3-6H,1-2H3. The van der Waals surface area contributed by atoms with Crippen molar-refractivity contribution in [3.05, 3.63) is 35.7 Å². The highest BCUT2D eigenvalue weighted by Gasteiger charge is 2.04. The third-order valence-electron chi connectivity index (χ3n) is 2.27. The molecule has 0 saturated carbocycles. The molecule has 3 heteroatoms. The van der Waals surface area contributed by atoms with Crippen LogP contribution in [0.5, 0.6) is 5.75 Å². The maximum atomic E-state index is 8.94. The summed E-state index contributed by atoms with van der Waals surface area (Å²) in [7, 11) is 1.63. The van der Waals surface area contributed by atoms with Gasteiger partial charge in [-0.15, -0.1) is 0 Å². The van der Waals surface area contributed by atoms with Gasteiger partial charge in [0, 0.05) is 11.1 Å². The van der Waals surface area contributed by atoms with Crippen molar-refractivity contribution in [1.82, 2.24) is 4.98 Å². The molecule has 0 fully saturated rings. The molecule has 0 amide bonds. The predicted octanol–water partition coefficient (Wildman–Crippen LogP) is 2.42. The molecule has 3 nitrogen and oxygen atoms in total. The molecule has 1 heterocycles. The predicted molar refractivity (Wildman–Crippen MR) is 57.7 cm³/mol. The summed E-state index contributed by atoms with van der Waals surface area (Å²) in [6.07, 6.45) is 0. The van der Waals surface area contributed by atoms with Crippen molar-refractivity contribution in [1.29, 1.82) is 5.26 Å². The SMILES string of the molecule is COc1ccc2c(C#N)nc(C)cc2c1. The second-order valence-corrected chi connectivity index (χ2v) is 3.31. The Balaban J connectivity index is 2.79. The lowest BCUT2D eigenvalue weighted by atomic mass is 10.1. The van der Waals surface area contributed by atoms with Crippen molar-refractivity contribution < 1.29 is 4.74 Å². The van der Waals surface area contributed by atoms with Gasteiger partial charge in [-0.1, -0.05) is 0 Å². The van der Waals surface area contributed by atoms with Crippen LogP contribution in [0.3, 0.4) is 0 Å². The van der Waals surface area contributed by atoms with Crippen LogP contribution in [-0.4, -0.2) is 12.1 Å². The van der Waals surface area contributed by atoms with Crippen molar-refractivity contribution in [2.75, 3.05) is 7.11 Å². The zero-order chi connectivity index (χ0) is 10.8. The quantitative estimate of drug-likeness (QED) is 0.706. The van der Waals surface area contributed by atoms with Crippen LogP contribution >= 0.6 is 0 Å². The molecule has 0 bridgehead atoms. The average Bonchev–Trinajstić information content (AvgIpc) is 2.26. The van der Waals surface area contributed by atoms with E-state index in [4.69, 9.17) is 10.00 Å². The molecule has 0 aliphatic heterocycles. The smallest absolute Gasteiger partial charge is 0.148 e. The molecule has 0 saturated heterocycles. The monoisotopic (exact) mass is 198 g/mol. The molecule has 2 aromatic rings. The Kier molecular flexibility index (Phi) is 2.26. The number of ether oxygens (including phenoxy) is 1. The van der Waals surface area contributed by atoms with E-state index in [2.05, 4.69) is 11.1 Å². The summed E-state index contributed by atoms with van der Waals surface area (Å²) in [5.41, 5.74) is 1.31. The van der Waals surface area contributed by atoms with Crippen molar-refractivity contribution in [3.63, 3.8) is 0 Å². The largest absolute Gasteiger partial charge is 0.497 e. The fraction of sp³-hybridized carbons (Fsp3) is 0.167. The summed E-state index contributed by atoms with van der Waals surface area (Å²) in [5.74, 6) is 0.789. The summed E-state index contributed by atoms with van der Waals surface area (Å²) in [4.78, 5) is 4.17. The maximum Gasteiger partial charge on any atom is 0.148 e. The van der Waals surface area contributed by atoms with Gasteiger partial charge in [-0.05, 0) is 36.6 Å². The summed E-state index contributed by atoms with van der Waals surface area (Å²) < 4.78 is 5.13. The van der Waals surface area contributed by atoms with Crippen LogP contribution in [-0.2, 0) is 0 Å². The normalized spacial score (nSPS) is 9.93. The van der Waals surface area contributed by atoms with E-state index in [1.54, 1.807) is 7.11 Å². The summed E-state index contributed by atoms with van der Waals surface area (Å²) >= 11 is 0. The van der Waals surface area contributed by atoms with E-state index in [0.29, 0.717) is 5.69 Å². The number of nitrogens with zero attached hydrogens (tertiary/aromatic N) is 2. The lowest BCUT2D eigenvalue weighted by Gasteiger charge is -2.04. The van der Waals surface area contributed by atoms with Gasteiger partial charge in [0.15, 0.2) is 0 Å². The van der Waals surface area contributed by atoms with E-state index < -0.39 is 0 Å². The first kappa shape index (κ1) is 9.47. The minimum atomic E-state index is 0.465. The number of fused-ring (bicyclic) bond motifs is 1. The van der Waals surface area contributed by atoms with Gasteiger partial charge < -0.3 is 4.74 Å². The van der Waals surface area contributed by atoms with E-state index in [-0.39, 0.29) is 0 Å². The van der Waals surface area contributed by atoms with Crippen LogP contribution in [0.15, 0.2) is 24.3 Å². The molecule has 15 heavy (non-hydrogen) atoms. The van der Waals surface area contributed by atoms with E-state index in [1.165, 1.54) is 0 Å². The first-order chi connectivity index (χ1) is 7.24. The van der Waals surface area contributed by atoms with Crippen LogP contribution in [0.4, 0.5) is 0 Å². The number of methoxy groups -OCH3 is 1. The van der Waals surface area contributed by atoms with E-state index in [9.17, 15) is 0 Å². The van der Waals surface area contributed by atoms with Crippen molar-refractivity contribution in [2.24, 2.45) is 0 Å². The zero-order valence-corrected chi connectivity index (χ0v) is 8.61. The van der Waals surface area contributed by atoms with Gasteiger partial charge in [-0.3, -0.25) is 0 Å². The molecule has 0 N–H and O–H groups in total. The minimum absolute atomic E-state index is 0.465. The molecular formula is C12H10N2O.